The molecular weight excluding hydrogens is 338 g/mol. The lowest BCUT2D eigenvalue weighted by molar-refractivity contribution is -0.123. The number of rotatable bonds is 9. The van der Waals surface area contributed by atoms with Gasteiger partial charge < -0.3 is 24.8 Å². The number of carbonyl (C=O) groups is 2. The summed E-state index contributed by atoms with van der Waals surface area (Å²) in [6, 6.07) is 6.21. The Morgan fingerprint density at radius 2 is 1.96 bits per heavy atom. The van der Waals surface area contributed by atoms with Crippen LogP contribution in [0.2, 0.25) is 0 Å². The number of alkyl carbamates (subject to hydrolysis) is 1. The van der Waals surface area contributed by atoms with Crippen molar-refractivity contribution in [2.45, 2.75) is 32.9 Å². The van der Waals surface area contributed by atoms with Gasteiger partial charge in [0.1, 0.15) is 30.7 Å². The summed E-state index contributed by atoms with van der Waals surface area (Å²) in [5.74, 6) is 0.922. The lowest BCUT2D eigenvalue weighted by atomic mass is 10.0. The topological polar surface area (TPSA) is 110 Å². The first-order valence-corrected chi connectivity index (χ1v) is 8.20. The summed E-state index contributed by atoms with van der Waals surface area (Å²) in [5.41, 5.74) is 0.636. The number of hydrogen-bond donors (Lipinski definition) is 2. The maximum Gasteiger partial charge on any atom is 0.408 e. The molecule has 1 aromatic rings. The van der Waals surface area contributed by atoms with Gasteiger partial charge in [0.15, 0.2) is 0 Å². The average molecular weight is 363 g/mol. The quantitative estimate of drug-likeness (QED) is 0.649. The molecule has 2 N–H and O–H groups in total. The Kier molecular flexibility index (Phi) is 8.78. The number of nitriles is 1. The van der Waals surface area contributed by atoms with Gasteiger partial charge in [0.05, 0.1) is 20.3 Å². The van der Waals surface area contributed by atoms with Gasteiger partial charge in [-0.25, -0.2) is 4.79 Å². The first kappa shape index (κ1) is 21.1. The van der Waals surface area contributed by atoms with Crippen LogP contribution < -0.4 is 20.1 Å². The number of hydrogen-bond acceptors (Lipinski definition) is 6. The Hall–Kier alpha value is -2.95. The summed E-state index contributed by atoms with van der Waals surface area (Å²) in [5, 5.41) is 13.5. The van der Waals surface area contributed by atoms with Crippen molar-refractivity contribution in [2.24, 2.45) is 5.92 Å². The molecule has 0 heterocycles. The molecule has 0 fully saturated rings. The third kappa shape index (κ3) is 6.89. The van der Waals surface area contributed by atoms with Crippen LogP contribution in [-0.4, -0.2) is 38.8 Å². The van der Waals surface area contributed by atoms with Crippen molar-refractivity contribution in [2.75, 3.05) is 20.8 Å². The molecule has 0 spiro atoms. The third-order valence-electron chi connectivity index (χ3n) is 3.50. The van der Waals surface area contributed by atoms with Gasteiger partial charge in [0.2, 0.25) is 5.91 Å². The zero-order chi connectivity index (χ0) is 19.5. The van der Waals surface area contributed by atoms with E-state index in [-0.39, 0.29) is 19.1 Å². The fraction of sp³-hybridized carbons (Fsp3) is 0.500. The number of ether oxygens (including phenoxy) is 3. The Bertz CT molecular complexity index is 655. The van der Waals surface area contributed by atoms with Gasteiger partial charge in [-0.1, -0.05) is 13.8 Å². The molecule has 0 unspecified atom stereocenters. The maximum atomic E-state index is 12.1. The number of nitrogens with zero attached hydrogens (tertiary/aromatic N) is 1. The highest BCUT2D eigenvalue weighted by atomic mass is 16.5. The number of carbonyl (C=O) groups excluding carboxylic acids is 2. The van der Waals surface area contributed by atoms with E-state index in [1.165, 1.54) is 14.2 Å². The number of amides is 2. The van der Waals surface area contributed by atoms with Crippen molar-refractivity contribution in [3.63, 3.8) is 0 Å². The van der Waals surface area contributed by atoms with E-state index in [9.17, 15) is 9.59 Å². The van der Waals surface area contributed by atoms with E-state index in [2.05, 4.69) is 10.6 Å². The first-order valence-electron chi connectivity index (χ1n) is 8.20. The highest BCUT2D eigenvalue weighted by molar-refractivity contribution is 5.85. The normalized spacial score (nSPS) is 11.2. The van der Waals surface area contributed by atoms with E-state index in [4.69, 9.17) is 19.5 Å². The first-order chi connectivity index (χ1) is 12.4. The van der Waals surface area contributed by atoms with Crippen molar-refractivity contribution in [3.8, 4) is 17.6 Å². The smallest absolute Gasteiger partial charge is 0.408 e. The molecule has 8 nitrogen and oxygen atoms in total. The van der Waals surface area contributed by atoms with Crippen LogP contribution in [0.3, 0.4) is 0 Å². The molecular formula is C18H25N3O5. The van der Waals surface area contributed by atoms with Crippen molar-refractivity contribution in [3.05, 3.63) is 23.8 Å². The van der Waals surface area contributed by atoms with Gasteiger partial charge in [-0.2, -0.15) is 5.26 Å². The molecule has 0 saturated carbocycles. The Balaban J connectivity index is 2.70. The van der Waals surface area contributed by atoms with E-state index in [0.29, 0.717) is 23.5 Å². The van der Waals surface area contributed by atoms with Crippen molar-refractivity contribution >= 4 is 12.0 Å². The molecule has 0 aliphatic carbocycles. The summed E-state index contributed by atoms with van der Waals surface area (Å²) in [6.45, 7) is 3.70. The van der Waals surface area contributed by atoms with E-state index in [1.807, 2.05) is 19.9 Å². The van der Waals surface area contributed by atoms with Crippen molar-refractivity contribution in [1.29, 1.82) is 5.26 Å². The van der Waals surface area contributed by atoms with E-state index in [0.717, 1.165) is 0 Å². The van der Waals surface area contributed by atoms with E-state index < -0.39 is 18.0 Å². The van der Waals surface area contributed by atoms with Crippen LogP contribution in [0, 0.1) is 17.2 Å². The number of benzene rings is 1. The number of nitrogens with one attached hydrogen (secondary N) is 2. The molecule has 0 radical (unpaired) electrons. The monoisotopic (exact) mass is 363 g/mol. The second-order valence-electron chi connectivity index (χ2n) is 5.96. The minimum absolute atomic E-state index is 0.0413. The SMILES string of the molecule is COc1ccc(OC)c(COC(=O)N[C@@H](CC(C)C)C(=O)NCC#N)c1. The van der Waals surface area contributed by atoms with Crippen LogP contribution in [0.4, 0.5) is 4.79 Å². The minimum atomic E-state index is -0.775. The molecule has 1 atom stereocenters. The van der Waals surface area contributed by atoms with E-state index in [1.54, 1.807) is 18.2 Å². The maximum absolute atomic E-state index is 12.1. The Morgan fingerprint density at radius 1 is 1.23 bits per heavy atom. The fourth-order valence-corrected chi connectivity index (χ4v) is 2.27. The molecule has 1 aromatic carbocycles. The van der Waals surface area contributed by atoms with Gasteiger partial charge in [-0.05, 0) is 30.5 Å². The lowest BCUT2D eigenvalue weighted by Crippen LogP contribution is -2.47. The lowest BCUT2D eigenvalue weighted by Gasteiger charge is -2.19. The predicted molar refractivity (Wildman–Crippen MR) is 94.7 cm³/mol. The molecule has 0 bridgehead atoms. The number of methoxy groups -OCH3 is 2. The molecule has 0 saturated heterocycles. The summed E-state index contributed by atoms with van der Waals surface area (Å²) < 4.78 is 15.6. The summed E-state index contributed by atoms with van der Waals surface area (Å²) in [4.78, 5) is 24.2. The highest BCUT2D eigenvalue weighted by Gasteiger charge is 2.22. The third-order valence-corrected chi connectivity index (χ3v) is 3.50. The molecule has 1 rings (SSSR count). The van der Waals surface area contributed by atoms with Crippen molar-refractivity contribution < 1.29 is 23.8 Å². The zero-order valence-electron chi connectivity index (χ0n) is 15.5. The van der Waals surface area contributed by atoms with Gasteiger partial charge in [0.25, 0.3) is 0 Å². The second-order valence-corrected chi connectivity index (χ2v) is 5.96. The van der Waals surface area contributed by atoms with Gasteiger partial charge in [-0.3, -0.25) is 4.79 Å². The summed E-state index contributed by atoms with van der Waals surface area (Å²) in [7, 11) is 3.05. The molecule has 0 aromatic heterocycles. The van der Waals surface area contributed by atoms with Crippen molar-refractivity contribution in [1.82, 2.24) is 10.6 Å². The molecule has 8 heteroatoms. The standard InChI is InChI=1S/C18H25N3O5/c1-12(2)9-15(17(22)20-8-7-19)21-18(23)26-11-13-10-14(24-3)5-6-16(13)25-4/h5-6,10,12,15H,8-9,11H2,1-4H3,(H,20,22)(H,21,23)/t15-/m0/s1. The van der Waals surface area contributed by atoms with Gasteiger partial charge in [-0.15, -0.1) is 0 Å². The predicted octanol–water partition coefficient (Wildman–Crippen LogP) is 1.98. The molecule has 0 aliphatic heterocycles. The van der Waals surface area contributed by atoms with Gasteiger partial charge in [0, 0.05) is 5.56 Å². The van der Waals surface area contributed by atoms with Crippen LogP contribution in [0.1, 0.15) is 25.8 Å². The zero-order valence-corrected chi connectivity index (χ0v) is 15.5. The second kappa shape index (κ2) is 10.8. The largest absolute Gasteiger partial charge is 0.497 e. The summed E-state index contributed by atoms with van der Waals surface area (Å²) in [6.07, 6.45) is -0.304. The van der Waals surface area contributed by atoms with Crippen LogP contribution in [-0.2, 0) is 16.1 Å². The van der Waals surface area contributed by atoms with Crippen LogP contribution in [0.25, 0.3) is 0 Å². The summed E-state index contributed by atoms with van der Waals surface area (Å²) >= 11 is 0. The average Bonchev–Trinajstić information content (AvgIpc) is 2.63. The van der Waals surface area contributed by atoms with Crippen LogP contribution in [0.15, 0.2) is 18.2 Å². The minimum Gasteiger partial charge on any atom is -0.497 e. The van der Waals surface area contributed by atoms with Gasteiger partial charge >= 0.3 is 6.09 Å². The molecule has 2 amide bonds. The van der Waals surface area contributed by atoms with Crippen LogP contribution >= 0.6 is 0 Å². The molecule has 26 heavy (non-hydrogen) atoms. The Morgan fingerprint density at radius 3 is 2.54 bits per heavy atom. The molecule has 0 aliphatic rings. The molecule has 142 valence electrons. The fourth-order valence-electron chi connectivity index (χ4n) is 2.27. The highest BCUT2D eigenvalue weighted by Crippen LogP contribution is 2.24. The Labute approximate surface area is 153 Å². The van der Waals surface area contributed by atoms with Crippen LogP contribution in [0.5, 0.6) is 11.5 Å². The van der Waals surface area contributed by atoms with E-state index >= 15 is 0 Å².